The third-order valence-electron chi connectivity index (χ3n) is 3.27. The van der Waals surface area contributed by atoms with Gasteiger partial charge in [0.15, 0.2) is 0 Å². The zero-order valence-electron chi connectivity index (χ0n) is 12.0. The molecule has 0 spiro atoms. The fourth-order valence-electron chi connectivity index (χ4n) is 2.23. The van der Waals surface area contributed by atoms with Gasteiger partial charge in [0.25, 0.3) is 5.91 Å². The molecule has 0 aliphatic carbocycles. The zero-order valence-corrected chi connectivity index (χ0v) is 12.0. The van der Waals surface area contributed by atoms with Gasteiger partial charge >= 0.3 is 0 Å². The summed E-state index contributed by atoms with van der Waals surface area (Å²) in [7, 11) is 1.76. The third-order valence-corrected chi connectivity index (χ3v) is 3.27. The van der Waals surface area contributed by atoms with Gasteiger partial charge in [-0.15, -0.1) is 0 Å². The molecule has 0 saturated carbocycles. The van der Waals surface area contributed by atoms with Crippen LogP contribution in [0.25, 0.3) is 0 Å². The third kappa shape index (κ3) is 3.23. The van der Waals surface area contributed by atoms with Crippen LogP contribution in [-0.4, -0.2) is 17.9 Å². The van der Waals surface area contributed by atoms with Crippen LogP contribution in [0.5, 0.6) is 0 Å². The number of nitrogens with zero attached hydrogens (tertiary/aromatic N) is 1. The van der Waals surface area contributed by atoms with Crippen molar-refractivity contribution in [2.75, 3.05) is 7.05 Å². The summed E-state index contributed by atoms with van der Waals surface area (Å²) in [5.41, 5.74) is 3.45. The van der Waals surface area contributed by atoms with Gasteiger partial charge in [0.1, 0.15) is 5.82 Å². The van der Waals surface area contributed by atoms with Crippen molar-refractivity contribution in [2.24, 2.45) is 0 Å². The van der Waals surface area contributed by atoms with Crippen molar-refractivity contribution < 1.29 is 9.18 Å². The Bertz CT molecular complexity index is 637. The number of carbonyl (C=O) groups excluding carboxylic acids is 1. The van der Waals surface area contributed by atoms with E-state index in [1.54, 1.807) is 24.9 Å². The minimum atomic E-state index is -0.319. The Labute approximate surface area is 118 Å². The SMILES string of the molecule is Cc1cccc(CN(C)C(=O)c2ccc(F)cc2C)c1. The van der Waals surface area contributed by atoms with Gasteiger partial charge in [-0.3, -0.25) is 4.79 Å². The van der Waals surface area contributed by atoms with E-state index in [9.17, 15) is 9.18 Å². The van der Waals surface area contributed by atoms with Crippen LogP contribution in [0.1, 0.15) is 27.0 Å². The highest BCUT2D eigenvalue weighted by atomic mass is 19.1. The second kappa shape index (κ2) is 5.87. The maximum atomic E-state index is 13.1. The van der Waals surface area contributed by atoms with Crippen LogP contribution in [-0.2, 0) is 6.54 Å². The van der Waals surface area contributed by atoms with Crippen LogP contribution >= 0.6 is 0 Å². The number of rotatable bonds is 3. The van der Waals surface area contributed by atoms with Crippen molar-refractivity contribution in [3.63, 3.8) is 0 Å². The molecule has 2 nitrogen and oxygen atoms in total. The van der Waals surface area contributed by atoms with E-state index in [4.69, 9.17) is 0 Å². The molecule has 0 heterocycles. The standard InChI is InChI=1S/C17H18FNO/c1-12-5-4-6-14(9-12)11-19(3)17(20)16-8-7-15(18)10-13(16)2/h4-10H,11H2,1-3H3. The second-order valence-corrected chi connectivity index (χ2v) is 5.11. The van der Waals surface area contributed by atoms with Crippen LogP contribution in [0.15, 0.2) is 42.5 Å². The highest BCUT2D eigenvalue weighted by Crippen LogP contribution is 2.14. The topological polar surface area (TPSA) is 20.3 Å². The molecule has 0 N–H and O–H groups in total. The normalized spacial score (nSPS) is 10.4. The number of halogens is 1. The van der Waals surface area contributed by atoms with Gasteiger partial charge in [0, 0.05) is 19.2 Å². The molecular formula is C17H18FNO. The summed E-state index contributed by atoms with van der Waals surface area (Å²) in [4.78, 5) is 14.0. The summed E-state index contributed by atoms with van der Waals surface area (Å²) < 4.78 is 13.1. The molecule has 0 unspecified atom stereocenters. The van der Waals surface area contributed by atoms with Gasteiger partial charge in [-0.1, -0.05) is 29.8 Å². The van der Waals surface area contributed by atoms with Gasteiger partial charge in [-0.25, -0.2) is 4.39 Å². The summed E-state index contributed by atoms with van der Waals surface area (Å²) in [6.45, 7) is 4.31. The van der Waals surface area contributed by atoms with Crippen LogP contribution in [0, 0.1) is 19.7 Å². The Morgan fingerprint density at radius 2 is 1.90 bits per heavy atom. The van der Waals surface area contributed by atoms with Gasteiger partial charge < -0.3 is 4.90 Å². The van der Waals surface area contributed by atoms with Gasteiger partial charge in [-0.05, 0) is 43.2 Å². The molecule has 0 bridgehead atoms. The molecule has 2 aromatic carbocycles. The highest BCUT2D eigenvalue weighted by molar-refractivity contribution is 5.95. The van der Waals surface area contributed by atoms with Crippen LogP contribution in [0.4, 0.5) is 4.39 Å². The molecule has 0 radical (unpaired) electrons. The van der Waals surface area contributed by atoms with Crippen molar-refractivity contribution in [3.8, 4) is 0 Å². The number of aryl methyl sites for hydroxylation is 2. The van der Waals surface area contributed by atoms with E-state index >= 15 is 0 Å². The van der Waals surface area contributed by atoms with E-state index in [-0.39, 0.29) is 11.7 Å². The molecule has 20 heavy (non-hydrogen) atoms. The minimum Gasteiger partial charge on any atom is -0.337 e. The van der Waals surface area contributed by atoms with Crippen LogP contribution < -0.4 is 0 Å². The lowest BCUT2D eigenvalue weighted by atomic mass is 10.1. The summed E-state index contributed by atoms with van der Waals surface area (Å²) in [5.74, 6) is -0.413. The number of benzene rings is 2. The first kappa shape index (κ1) is 14.3. The summed E-state index contributed by atoms with van der Waals surface area (Å²) in [5, 5.41) is 0. The Balaban J connectivity index is 2.16. The van der Waals surface area contributed by atoms with Crippen molar-refractivity contribution in [1.82, 2.24) is 4.90 Å². The zero-order chi connectivity index (χ0) is 14.7. The summed E-state index contributed by atoms with van der Waals surface area (Å²) >= 11 is 0. The van der Waals surface area contributed by atoms with E-state index in [1.165, 1.54) is 17.7 Å². The molecule has 2 aromatic rings. The maximum absolute atomic E-state index is 13.1. The molecular weight excluding hydrogens is 253 g/mol. The van der Waals surface area contributed by atoms with E-state index in [1.807, 2.05) is 25.1 Å². The Kier molecular flexibility index (Phi) is 4.18. The lowest BCUT2D eigenvalue weighted by Crippen LogP contribution is -2.26. The summed E-state index contributed by atoms with van der Waals surface area (Å²) in [6.07, 6.45) is 0. The molecule has 0 aliphatic rings. The molecule has 0 atom stereocenters. The van der Waals surface area contributed by atoms with E-state index in [0.717, 1.165) is 5.56 Å². The number of hydrogen-bond acceptors (Lipinski definition) is 1. The highest BCUT2D eigenvalue weighted by Gasteiger charge is 2.14. The number of hydrogen-bond donors (Lipinski definition) is 0. The number of carbonyl (C=O) groups is 1. The molecule has 3 heteroatoms. The molecule has 0 fully saturated rings. The first-order chi connectivity index (χ1) is 9.47. The van der Waals surface area contributed by atoms with Crippen molar-refractivity contribution in [3.05, 3.63) is 70.5 Å². The Hall–Kier alpha value is -2.16. The lowest BCUT2D eigenvalue weighted by molar-refractivity contribution is 0.0784. The second-order valence-electron chi connectivity index (χ2n) is 5.11. The molecule has 0 saturated heterocycles. The lowest BCUT2D eigenvalue weighted by Gasteiger charge is -2.18. The molecule has 2 rings (SSSR count). The maximum Gasteiger partial charge on any atom is 0.254 e. The molecule has 1 amide bonds. The van der Waals surface area contributed by atoms with Crippen LogP contribution in [0.2, 0.25) is 0 Å². The fraction of sp³-hybridized carbons (Fsp3) is 0.235. The first-order valence-electron chi connectivity index (χ1n) is 6.54. The van der Waals surface area contributed by atoms with Crippen molar-refractivity contribution in [2.45, 2.75) is 20.4 Å². The van der Waals surface area contributed by atoms with Crippen molar-refractivity contribution >= 4 is 5.91 Å². The van der Waals surface area contributed by atoms with E-state index < -0.39 is 0 Å². The molecule has 0 aliphatic heterocycles. The predicted molar refractivity (Wildman–Crippen MR) is 78.1 cm³/mol. The van der Waals surface area contributed by atoms with Gasteiger partial charge in [-0.2, -0.15) is 0 Å². The molecule has 104 valence electrons. The largest absolute Gasteiger partial charge is 0.337 e. The van der Waals surface area contributed by atoms with Gasteiger partial charge in [0.05, 0.1) is 0 Å². The molecule has 0 aromatic heterocycles. The van der Waals surface area contributed by atoms with E-state index in [2.05, 4.69) is 6.07 Å². The smallest absolute Gasteiger partial charge is 0.254 e. The Morgan fingerprint density at radius 3 is 2.55 bits per heavy atom. The van der Waals surface area contributed by atoms with E-state index in [0.29, 0.717) is 17.7 Å². The van der Waals surface area contributed by atoms with Crippen LogP contribution in [0.3, 0.4) is 0 Å². The predicted octanol–water partition coefficient (Wildman–Crippen LogP) is 3.71. The minimum absolute atomic E-state index is 0.0935. The average Bonchev–Trinajstić information content (AvgIpc) is 2.38. The first-order valence-corrected chi connectivity index (χ1v) is 6.54. The fourth-order valence-corrected chi connectivity index (χ4v) is 2.23. The monoisotopic (exact) mass is 271 g/mol. The summed E-state index contributed by atoms with van der Waals surface area (Å²) in [6, 6.07) is 12.3. The average molecular weight is 271 g/mol. The van der Waals surface area contributed by atoms with Crippen molar-refractivity contribution in [1.29, 1.82) is 0 Å². The number of amides is 1. The quantitative estimate of drug-likeness (QED) is 0.833. The van der Waals surface area contributed by atoms with Gasteiger partial charge in [0.2, 0.25) is 0 Å². The Morgan fingerprint density at radius 1 is 1.15 bits per heavy atom.